The number of rotatable bonds is 3. The Hall–Kier alpha value is -3.20. The number of likely N-dealkylation sites (tertiary alicyclic amines) is 1. The molecule has 0 aliphatic carbocycles. The Balaban J connectivity index is 1.51. The monoisotopic (exact) mass is 365 g/mol. The zero-order valence-electron chi connectivity index (χ0n) is 14.8. The van der Waals surface area contributed by atoms with Gasteiger partial charge in [0.1, 0.15) is 5.82 Å². The van der Waals surface area contributed by atoms with Gasteiger partial charge in [-0.2, -0.15) is 5.26 Å². The van der Waals surface area contributed by atoms with Crippen LogP contribution in [0.2, 0.25) is 0 Å². The fourth-order valence-electron chi connectivity index (χ4n) is 3.29. The molecule has 27 heavy (non-hydrogen) atoms. The molecule has 3 rings (SSSR count). The van der Waals surface area contributed by atoms with Gasteiger partial charge in [-0.1, -0.05) is 18.2 Å². The van der Waals surface area contributed by atoms with Gasteiger partial charge in [-0.25, -0.2) is 4.39 Å². The van der Waals surface area contributed by atoms with Crippen LogP contribution in [0.1, 0.15) is 24.0 Å². The first-order valence-electron chi connectivity index (χ1n) is 8.90. The fourth-order valence-corrected chi connectivity index (χ4v) is 3.29. The molecule has 138 valence electrons. The van der Waals surface area contributed by atoms with Gasteiger partial charge < -0.3 is 10.2 Å². The molecule has 0 unspecified atom stereocenters. The van der Waals surface area contributed by atoms with Gasteiger partial charge in [-0.3, -0.25) is 9.59 Å². The molecule has 0 radical (unpaired) electrons. The number of piperidine rings is 1. The minimum Gasteiger partial charge on any atom is -0.334 e. The van der Waals surface area contributed by atoms with Gasteiger partial charge in [0, 0.05) is 18.8 Å². The van der Waals surface area contributed by atoms with Crippen LogP contribution >= 0.6 is 0 Å². The molecule has 0 aromatic heterocycles. The zero-order chi connectivity index (χ0) is 19.2. The third kappa shape index (κ3) is 4.91. The molecule has 0 bridgehead atoms. The molecule has 1 fully saturated rings. The highest BCUT2D eigenvalue weighted by atomic mass is 19.1. The number of hydrogen-bond acceptors (Lipinski definition) is 3. The van der Waals surface area contributed by atoms with E-state index in [4.69, 9.17) is 5.26 Å². The summed E-state index contributed by atoms with van der Waals surface area (Å²) in [4.78, 5) is 26.1. The minimum atomic E-state index is -0.693. The van der Waals surface area contributed by atoms with Crippen molar-refractivity contribution in [1.82, 2.24) is 4.90 Å². The number of amides is 2. The molecular formula is C21H20FN3O2. The van der Waals surface area contributed by atoms with Crippen molar-refractivity contribution in [2.24, 2.45) is 5.92 Å². The predicted octanol–water partition coefficient (Wildman–Crippen LogP) is 3.12. The van der Waals surface area contributed by atoms with Crippen molar-refractivity contribution in [2.45, 2.75) is 19.3 Å². The van der Waals surface area contributed by atoms with Crippen LogP contribution in [-0.4, -0.2) is 29.8 Å². The van der Waals surface area contributed by atoms with Gasteiger partial charge in [0.2, 0.25) is 0 Å². The fraction of sp³-hybridized carbons (Fsp3) is 0.286. The lowest BCUT2D eigenvalue weighted by molar-refractivity contribution is -0.144. The SMILES string of the molecule is N#Cc1cccc(NC(=O)C(=O)N2CCC(Cc3ccc(F)cc3)CC2)c1. The van der Waals surface area contributed by atoms with Gasteiger partial charge in [0.05, 0.1) is 11.6 Å². The second-order valence-corrected chi connectivity index (χ2v) is 6.71. The molecule has 1 saturated heterocycles. The summed E-state index contributed by atoms with van der Waals surface area (Å²) >= 11 is 0. The van der Waals surface area contributed by atoms with Gasteiger partial charge >= 0.3 is 11.8 Å². The van der Waals surface area contributed by atoms with Crippen molar-refractivity contribution in [3.8, 4) is 6.07 Å². The van der Waals surface area contributed by atoms with Gasteiger partial charge in [-0.05, 0) is 61.1 Å². The number of carbonyl (C=O) groups excluding carboxylic acids is 2. The standard InChI is InChI=1S/C21H20FN3O2/c22-18-6-4-15(5-7-18)12-16-8-10-25(11-9-16)21(27)20(26)24-19-3-1-2-17(13-19)14-23/h1-7,13,16H,8-12H2,(H,24,26). The molecule has 1 N–H and O–H groups in total. The normalized spacial score (nSPS) is 14.4. The molecule has 1 heterocycles. The molecule has 2 amide bonds. The van der Waals surface area contributed by atoms with E-state index in [1.807, 2.05) is 6.07 Å². The number of hydrogen-bond donors (Lipinski definition) is 1. The molecule has 0 spiro atoms. The summed E-state index contributed by atoms with van der Waals surface area (Å²) in [5.41, 5.74) is 1.93. The maximum atomic E-state index is 13.0. The number of benzene rings is 2. The van der Waals surface area contributed by atoms with Crippen molar-refractivity contribution in [2.75, 3.05) is 18.4 Å². The Bertz CT molecular complexity index is 866. The van der Waals surface area contributed by atoms with E-state index in [2.05, 4.69) is 5.32 Å². The van der Waals surface area contributed by atoms with Crippen LogP contribution in [0.4, 0.5) is 10.1 Å². The number of nitriles is 1. The van der Waals surface area contributed by atoms with Crippen molar-refractivity contribution in [3.05, 3.63) is 65.5 Å². The van der Waals surface area contributed by atoms with Crippen LogP contribution in [-0.2, 0) is 16.0 Å². The van der Waals surface area contributed by atoms with Crippen molar-refractivity contribution >= 4 is 17.5 Å². The summed E-state index contributed by atoms with van der Waals surface area (Å²) in [7, 11) is 0. The van der Waals surface area contributed by atoms with E-state index in [9.17, 15) is 14.0 Å². The van der Waals surface area contributed by atoms with Crippen LogP contribution in [0, 0.1) is 23.1 Å². The van der Waals surface area contributed by atoms with Gasteiger partial charge in [0.25, 0.3) is 0 Å². The predicted molar refractivity (Wildman–Crippen MR) is 99.2 cm³/mol. The van der Waals surface area contributed by atoms with Crippen molar-refractivity contribution < 1.29 is 14.0 Å². The summed E-state index contributed by atoms with van der Waals surface area (Å²) in [6.45, 7) is 1.05. The van der Waals surface area contributed by atoms with E-state index >= 15 is 0 Å². The maximum Gasteiger partial charge on any atom is 0.313 e. The first kappa shape index (κ1) is 18.6. The Labute approximate surface area is 157 Å². The van der Waals surface area contributed by atoms with Crippen LogP contribution in [0.3, 0.4) is 0 Å². The average molecular weight is 365 g/mol. The highest BCUT2D eigenvalue weighted by Crippen LogP contribution is 2.22. The summed E-state index contributed by atoms with van der Waals surface area (Å²) < 4.78 is 13.0. The third-order valence-electron chi connectivity index (χ3n) is 4.78. The highest BCUT2D eigenvalue weighted by molar-refractivity contribution is 6.39. The van der Waals surface area contributed by atoms with E-state index in [0.717, 1.165) is 24.8 Å². The number of anilines is 1. The summed E-state index contributed by atoms with van der Waals surface area (Å²) in [5, 5.41) is 11.5. The number of nitrogens with zero attached hydrogens (tertiary/aromatic N) is 2. The quantitative estimate of drug-likeness (QED) is 0.850. The lowest BCUT2D eigenvalue weighted by atomic mass is 9.90. The molecule has 1 aliphatic rings. The highest BCUT2D eigenvalue weighted by Gasteiger charge is 2.27. The van der Waals surface area contributed by atoms with E-state index in [0.29, 0.717) is 30.3 Å². The summed E-state index contributed by atoms with van der Waals surface area (Å²) in [5.74, 6) is -1.08. The van der Waals surface area contributed by atoms with Crippen molar-refractivity contribution in [1.29, 1.82) is 5.26 Å². The van der Waals surface area contributed by atoms with Crippen LogP contribution in [0.15, 0.2) is 48.5 Å². The molecule has 0 atom stereocenters. The van der Waals surface area contributed by atoms with Crippen LogP contribution < -0.4 is 5.32 Å². The molecule has 2 aromatic rings. The smallest absolute Gasteiger partial charge is 0.313 e. The van der Waals surface area contributed by atoms with Crippen LogP contribution in [0.25, 0.3) is 0 Å². The molecule has 0 saturated carbocycles. The second kappa shape index (κ2) is 8.45. The van der Waals surface area contributed by atoms with E-state index in [1.54, 1.807) is 35.2 Å². The Kier molecular flexibility index (Phi) is 5.82. The van der Waals surface area contributed by atoms with E-state index in [1.165, 1.54) is 18.2 Å². The average Bonchev–Trinajstić information content (AvgIpc) is 2.70. The molecule has 5 nitrogen and oxygen atoms in total. The maximum absolute atomic E-state index is 13.0. The lowest BCUT2D eigenvalue weighted by Crippen LogP contribution is -2.44. The van der Waals surface area contributed by atoms with Gasteiger partial charge in [-0.15, -0.1) is 0 Å². The van der Waals surface area contributed by atoms with Gasteiger partial charge in [0.15, 0.2) is 0 Å². The first-order chi connectivity index (χ1) is 13.0. The van der Waals surface area contributed by atoms with E-state index in [-0.39, 0.29) is 5.82 Å². The van der Waals surface area contributed by atoms with Crippen LogP contribution in [0.5, 0.6) is 0 Å². The molecular weight excluding hydrogens is 345 g/mol. The number of carbonyl (C=O) groups is 2. The lowest BCUT2D eigenvalue weighted by Gasteiger charge is -2.31. The molecule has 1 aliphatic heterocycles. The largest absolute Gasteiger partial charge is 0.334 e. The summed E-state index contributed by atoms with van der Waals surface area (Å²) in [6, 6.07) is 14.9. The minimum absolute atomic E-state index is 0.245. The van der Waals surface area contributed by atoms with Crippen molar-refractivity contribution in [3.63, 3.8) is 0 Å². The number of halogens is 1. The summed E-state index contributed by atoms with van der Waals surface area (Å²) in [6.07, 6.45) is 2.45. The Morgan fingerprint density at radius 3 is 2.52 bits per heavy atom. The third-order valence-corrected chi connectivity index (χ3v) is 4.78. The topological polar surface area (TPSA) is 73.2 Å². The first-order valence-corrected chi connectivity index (χ1v) is 8.90. The number of nitrogens with one attached hydrogen (secondary N) is 1. The van der Waals surface area contributed by atoms with E-state index < -0.39 is 11.8 Å². The Morgan fingerprint density at radius 1 is 1.15 bits per heavy atom. The Morgan fingerprint density at radius 2 is 1.85 bits per heavy atom. The molecule has 2 aromatic carbocycles. The second-order valence-electron chi connectivity index (χ2n) is 6.71. The zero-order valence-corrected chi connectivity index (χ0v) is 14.8. The molecule has 6 heteroatoms.